The number of hydrogen-bond acceptors (Lipinski definition) is 2. The van der Waals surface area contributed by atoms with E-state index in [1.807, 2.05) is 6.07 Å². The molecule has 2 nitrogen and oxygen atoms in total. The predicted octanol–water partition coefficient (Wildman–Crippen LogP) is 6.13. The van der Waals surface area contributed by atoms with E-state index in [2.05, 4.69) is 51.7 Å². The first-order valence-corrected chi connectivity index (χ1v) is 10.1. The van der Waals surface area contributed by atoms with Gasteiger partial charge in [0.15, 0.2) is 0 Å². The van der Waals surface area contributed by atoms with Crippen LogP contribution >= 0.6 is 0 Å². The average molecular weight is 353 g/mol. The lowest BCUT2D eigenvalue weighted by atomic mass is 9.67. The van der Waals surface area contributed by atoms with Gasteiger partial charge in [-0.05, 0) is 70.6 Å². The molecule has 0 spiro atoms. The Kier molecular flexibility index (Phi) is 5.66. The Balaban J connectivity index is 1.80. The van der Waals surface area contributed by atoms with Crippen LogP contribution in [0.25, 0.3) is 0 Å². The molecule has 1 aliphatic carbocycles. The molecule has 1 heterocycles. The van der Waals surface area contributed by atoms with Crippen LogP contribution in [0.4, 0.5) is 0 Å². The molecule has 0 amide bonds. The number of phenols is 1. The molecule has 0 saturated heterocycles. The quantitative estimate of drug-likeness (QED) is 0.401. The molecule has 1 aromatic carbocycles. The summed E-state index contributed by atoms with van der Waals surface area (Å²) in [4.78, 5) is 0. The van der Waals surface area contributed by atoms with Crippen molar-refractivity contribution >= 4 is 0 Å². The van der Waals surface area contributed by atoms with Gasteiger partial charge in [0.2, 0.25) is 0 Å². The molecule has 1 N–H and O–H groups in total. The molecule has 0 aromatic heterocycles. The van der Waals surface area contributed by atoms with Crippen molar-refractivity contribution in [3.63, 3.8) is 0 Å². The van der Waals surface area contributed by atoms with Crippen LogP contribution in [0.5, 0.6) is 11.5 Å². The van der Waals surface area contributed by atoms with Crippen molar-refractivity contribution in [1.82, 2.24) is 0 Å². The van der Waals surface area contributed by atoms with E-state index in [0.717, 1.165) is 61.8 Å². The van der Waals surface area contributed by atoms with Gasteiger partial charge in [-0.2, -0.15) is 0 Å². The summed E-state index contributed by atoms with van der Waals surface area (Å²) in [7, 11) is 0. The highest BCUT2D eigenvalue weighted by Crippen LogP contribution is 2.54. The molecular weight excluding hydrogens is 320 g/mol. The molecule has 3 rings (SSSR count). The SMILES string of the molecule is CCCC#CCCCc1cc(O)c2c(c1)OC(C)(C)C1CC=C(C)CC21. The van der Waals surface area contributed by atoms with Crippen molar-refractivity contribution < 1.29 is 9.84 Å². The molecule has 2 unspecified atom stereocenters. The van der Waals surface area contributed by atoms with Gasteiger partial charge in [-0.1, -0.05) is 18.6 Å². The summed E-state index contributed by atoms with van der Waals surface area (Å²) >= 11 is 0. The molecule has 1 aromatic rings. The van der Waals surface area contributed by atoms with Gasteiger partial charge in [0.05, 0.1) is 0 Å². The van der Waals surface area contributed by atoms with E-state index in [4.69, 9.17) is 4.74 Å². The van der Waals surface area contributed by atoms with Crippen LogP contribution in [0.2, 0.25) is 0 Å². The monoisotopic (exact) mass is 352 g/mol. The van der Waals surface area contributed by atoms with Crippen molar-refractivity contribution in [2.24, 2.45) is 5.92 Å². The normalized spacial score (nSPS) is 23.0. The van der Waals surface area contributed by atoms with Crippen molar-refractivity contribution in [1.29, 1.82) is 0 Å². The first-order valence-electron chi connectivity index (χ1n) is 10.1. The van der Waals surface area contributed by atoms with Gasteiger partial charge in [-0.25, -0.2) is 0 Å². The highest BCUT2D eigenvalue weighted by Gasteiger charge is 2.45. The largest absolute Gasteiger partial charge is 0.508 e. The Hall–Kier alpha value is -1.88. The maximum atomic E-state index is 10.8. The topological polar surface area (TPSA) is 29.5 Å². The number of allylic oxidation sites excluding steroid dienone is 2. The summed E-state index contributed by atoms with van der Waals surface area (Å²) in [5.41, 5.74) is 3.39. The summed E-state index contributed by atoms with van der Waals surface area (Å²) in [6, 6.07) is 4.10. The standard InChI is InChI=1S/C24H32O2/c1-5-6-7-8-9-10-11-18-15-21(25)23-19-14-17(2)12-13-20(19)24(3,4)26-22(23)16-18/h12,15-16,19-20,25H,5-6,9-11,13-14H2,1-4H3. The van der Waals surface area contributed by atoms with E-state index >= 15 is 0 Å². The van der Waals surface area contributed by atoms with E-state index in [0.29, 0.717) is 17.6 Å². The lowest BCUT2D eigenvalue weighted by molar-refractivity contribution is 0.00753. The van der Waals surface area contributed by atoms with E-state index in [1.165, 1.54) is 5.57 Å². The molecule has 2 atom stereocenters. The van der Waals surface area contributed by atoms with Gasteiger partial charge in [-0.15, -0.1) is 11.8 Å². The second-order valence-corrected chi connectivity index (χ2v) is 8.39. The minimum atomic E-state index is -0.203. The Morgan fingerprint density at radius 2 is 2.00 bits per heavy atom. The van der Waals surface area contributed by atoms with Gasteiger partial charge >= 0.3 is 0 Å². The Labute approximate surface area is 158 Å². The minimum absolute atomic E-state index is 0.203. The fourth-order valence-electron chi connectivity index (χ4n) is 4.45. The lowest BCUT2D eigenvalue weighted by Crippen LogP contribution is -2.45. The Morgan fingerprint density at radius 1 is 1.23 bits per heavy atom. The van der Waals surface area contributed by atoms with Crippen LogP contribution < -0.4 is 4.74 Å². The van der Waals surface area contributed by atoms with Crippen LogP contribution in [-0.2, 0) is 6.42 Å². The smallest absolute Gasteiger partial charge is 0.127 e. The second-order valence-electron chi connectivity index (χ2n) is 8.39. The van der Waals surface area contributed by atoms with Gasteiger partial charge in [-0.3, -0.25) is 0 Å². The van der Waals surface area contributed by atoms with Crippen LogP contribution in [0, 0.1) is 17.8 Å². The Bertz CT molecular complexity index is 745. The molecule has 2 aliphatic rings. The number of benzene rings is 1. The fourth-order valence-corrected chi connectivity index (χ4v) is 4.45. The van der Waals surface area contributed by atoms with Crippen molar-refractivity contribution in [2.75, 3.05) is 0 Å². The van der Waals surface area contributed by atoms with Gasteiger partial charge in [0, 0.05) is 30.2 Å². The third kappa shape index (κ3) is 3.93. The van der Waals surface area contributed by atoms with Crippen LogP contribution in [0.15, 0.2) is 23.8 Å². The summed E-state index contributed by atoms with van der Waals surface area (Å²) in [5, 5.41) is 10.8. The zero-order valence-corrected chi connectivity index (χ0v) is 16.7. The zero-order chi connectivity index (χ0) is 18.7. The highest BCUT2D eigenvalue weighted by molar-refractivity contribution is 5.52. The zero-order valence-electron chi connectivity index (χ0n) is 16.7. The summed E-state index contributed by atoms with van der Waals surface area (Å²) < 4.78 is 6.39. The van der Waals surface area contributed by atoms with Gasteiger partial charge in [0.25, 0.3) is 0 Å². The lowest BCUT2D eigenvalue weighted by Gasteiger charge is -2.47. The molecule has 0 bridgehead atoms. The number of rotatable bonds is 4. The fraction of sp³-hybridized carbons (Fsp3) is 0.583. The van der Waals surface area contributed by atoms with Crippen LogP contribution in [-0.4, -0.2) is 10.7 Å². The second kappa shape index (κ2) is 7.78. The van der Waals surface area contributed by atoms with E-state index < -0.39 is 0 Å². The predicted molar refractivity (Wildman–Crippen MR) is 108 cm³/mol. The first-order chi connectivity index (χ1) is 12.4. The number of aryl methyl sites for hydroxylation is 1. The van der Waals surface area contributed by atoms with Crippen molar-refractivity contribution in [3.8, 4) is 23.3 Å². The molecule has 140 valence electrons. The first kappa shape index (κ1) is 18.9. The van der Waals surface area contributed by atoms with E-state index in [-0.39, 0.29) is 5.60 Å². The maximum Gasteiger partial charge on any atom is 0.127 e. The Morgan fingerprint density at radius 3 is 2.77 bits per heavy atom. The third-order valence-electron chi connectivity index (χ3n) is 5.83. The van der Waals surface area contributed by atoms with E-state index in [1.54, 1.807) is 0 Å². The number of ether oxygens (including phenoxy) is 1. The molecule has 26 heavy (non-hydrogen) atoms. The van der Waals surface area contributed by atoms with E-state index in [9.17, 15) is 5.11 Å². The maximum absolute atomic E-state index is 10.8. The number of hydrogen-bond donors (Lipinski definition) is 1. The third-order valence-corrected chi connectivity index (χ3v) is 5.83. The van der Waals surface area contributed by atoms with Gasteiger partial charge in [0.1, 0.15) is 17.1 Å². The summed E-state index contributed by atoms with van der Waals surface area (Å²) in [6.07, 6.45) is 9.35. The van der Waals surface area contributed by atoms with Gasteiger partial charge < -0.3 is 9.84 Å². The molecule has 0 radical (unpaired) electrons. The number of aromatic hydroxyl groups is 1. The molecule has 1 aliphatic heterocycles. The van der Waals surface area contributed by atoms with Crippen LogP contribution in [0.1, 0.15) is 83.3 Å². The minimum Gasteiger partial charge on any atom is -0.508 e. The van der Waals surface area contributed by atoms with Crippen molar-refractivity contribution in [2.45, 2.75) is 84.2 Å². The van der Waals surface area contributed by atoms with Crippen molar-refractivity contribution in [3.05, 3.63) is 34.9 Å². The average Bonchev–Trinajstić information content (AvgIpc) is 2.56. The molecule has 2 heteroatoms. The summed E-state index contributed by atoms with van der Waals surface area (Å²) in [6.45, 7) is 8.73. The highest BCUT2D eigenvalue weighted by atomic mass is 16.5. The number of unbranched alkanes of at least 4 members (excludes halogenated alkanes) is 2. The van der Waals surface area contributed by atoms with Crippen LogP contribution in [0.3, 0.4) is 0 Å². The molecule has 0 saturated carbocycles. The number of fused-ring (bicyclic) bond motifs is 3. The number of phenolic OH excluding ortho intramolecular Hbond substituents is 1. The summed E-state index contributed by atoms with van der Waals surface area (Å²) in [5.74, 6) is 8.51. The molecule has 0 fully saturated rings. The molecular formula is C24H32O2.